The van der Waals surface area contributed by atoms with Crippen molar-refractivity contribution in [3.63, 3.8) is 0 Å². The first-order chi connectivity index (χ1) is 15.9. The number of anilines is 2. The molecule has 1 aliphatic rings. The van der Waals surface area contributed by atoms with Crippen LogP contribution < -0.4 is 10.2 Å². The molecule has 0 bridgehead atoms. The Bertz CT molecular complexity index is 986. The number of carbonyl (C=O) groups is 3. The molecule has 0 radical (unpaired) electrons. The fraction of sp³-hybridized carbons (Fsp3) is 0.444. The molecule has 1 fully saturated rings. The minimum atomic E-state index is -0.575. The molecule has 2 aromatic carbocycles. The van der Waals surface area contributed by atoms with Crippen LogP contribution in [0.2, 0.25) is 0 Å². The van der Waals surface area contributed by atoms with E-state index < -0.39 is 11.9 Å². The van der Waals surface area contributed by atoms with E-state index in [9.17, 15) is 14.4 Å². The zero-order chi connectivity index (χ0) is 24.0. The van der Waals surface area contributed by atoms with Crippen LogP contribution in [0, 0.1) is 5.92 Å². The van der Waals surface area contributed by atoms with Gasteiger partial charge in [-0.05, 0) is 47.9 Å². The molecule has 1 saturated heterocycles. The molecule has 0 saturated carbocycles. The zero-order valence-electron chi connectivity index (χ0n) is 20.1. The SMILES string of the molecule is CCc1cccc(CC)c1NC(=O)COC(=O)[C@H]1CC(=O)N(c2c(CC)cccc2CC)C1. The second-order valence-corrected chi connectivity index (χ2v) is 8.35. The Morgan fingerprint density at radius 3 is 1.94 bits per heavy atom. The van der Waals surface area contributed by atoms with Crippen molar-refractivity contribution in [2.24, 2.45) is 5.92 Å². The van der Waals surface area contributed by atoms with Crippen molar-refractivity contribution in [3.05, 3.63) is 58.7 Å². The summed E-state index contributed by atoms with van der Waals surface area (Å²) in [6.45, 7) is 8.11. The summed E-state index contributed by atoms with van der Waals surface area (Å²) < 4.78 is 5.32. The summed E-state index contributed by atoms with van der Waals surface area (Å²) in [5.41, 5.74) is 6.01. The maximum absolute atomic E-state index is 12.8. The number of nitrogens with one attached hydrogen (secondary N) is 1. The molecule has 1 atom stereocenters. The zero-order valence-corrected chi connectivity index (χ0v) is 20.1. The van der Waals surface area contributed by atoms with E-state index in [-0.39, 0.29) is 31.4 Å². The Balaban J connectivity index is 1.64. The number of amides is 2. The van der Waals surface area contributed by atoms with Gasteiger partial charge in [-0.25, -0.2) is 0 Å². The van der Waals surface area contributed by atoms with E-state index in [1.54, 1.807) is 4.90 Å². The van der Waals surface area contributed by atoms with Crippen LogP contribution in [0.1, 0.15) is 56.4 Å². The van der Waals surface area contributed by atoms with Crippen molar-refractivity contribution >= 4 is 29.2 Å². The Labute approximate surface area is 196 Å². The first kappa shape index (κ1) is 24.5. The van der Waals surface area contributed by atoms with E-state index >= 15 is 0 Å². The van der Waals surface area contributed by atoms with Gasteiger partial charge in [-0.1, -0.05) is 64.1 Å². The molecule has 0 aromatic heterocycles. The number of aryl methyl sites for hydroxylation is 4. The molecule has 6 nitrogen and oxygen atoms in total. The van der Waals surface area contributed by atoms with Crippen molar-refractivity contribution in [1.82, 2.24) is 0 Å². The van der Waals surface area contributed by atoms with Gasteiger partial charge in [0.15, 0.2) is 6.61 Å². The fourth-order valence-electron chi connectivity index (χ4n) is 4.48. The number of para-hydroxylation sites is 2. The minimum Gasteiger partial charge on any atom is -0.455 e. The van der Waals surface area contributed by atoms with Crippen LogP contribution in [0.25, 0.3) is 0 Å². The normalized spacial score (nSPS) is 15.6. The Hall–Kier alpha value is -3.15. The second kappa shape index (κ2) is 11.1. The highest BCUT2D eigenvalue weighted by Gasteiger charge is 2.37. The highest BCUT2D eigenvalue weighted by atomic mass is 16.5. The number of carbonyl (C=O) groups excluding carboxylic acids is 3. The van der Waals surface area contributed by atoms with Crippen LogP contribution >= 0.6 is 0 Å². The van der Waals surface area contributed by atoms with Gasteiger partial charge in [-0.15, -0.1) is 0 Å². The maximum atomic E-state index is 12.8. The van der Waals surface area contributed by atoms with Gasteiger partial charge >= 0.3 is 5.97 Å². The second-order valence-electron chi connectivity index (χ2n) is 8.35. The molecule has 0 spiro atoms. The molecule has 1 heterocycles. The number of benzene rings is 2. The van der Waals surface area contributed by atoms with Crippen LogP contribution in [0.5, 0.6) is 0 Å². The van der Waals surface area contributed by atoms with E-state index in [2.05, 4.69) is 19.2 Å². The van der Waals surface area contributed by atoms with Gasteiger partial charge in [0.25, 0.3) is 5.91 Å². The van der Waals surface area contributed by atoms with Crippen LogP contribution in [-0.4, -0.2) is 30.9 Å². The maximum Gasteiger partial charge on any atom is 0.311 e. The van der Waals surface area contributed by atoms with Crippen LogP contribution in [0.4, 0.5) is 11.4 Å². The molecular weight excluding hydrogens is 416 g/mol. The molecule has 0 aliphatic carbocycles. The van der Waals surface area contributed by atoms with Gasteiger partial charge in [0.1, 0.15) is 0 Å². The smallest absolute Gasteiger partial charge is 0.311 e. The minimum absolute atomic E-state index is 0.0820. The Morgan fingerprint density at radius 2 is 1.42 bits per heavy atom. The van der Waals surface area contributed by atoms with Crippen molar-refractivity contribution in [3.8, 4) is 0 Å². The van der Waals surface area contributed by atoms with Gasteiger partial charge in [0.2, 0.25) is 5.91 Å². The monoisotopic (exact) mass is 450 g/mol. The van der Waals surface area contributed by atoms with Gasteiger partial charge < -0.3 is 15.0 Å². The average molecular weight is 451 g/mol. The summed E-state index contributed by atoms with van der Waals surface area (Å²) in [5.74, 6) is -1.53. The summed E-state index contributed by atoms with van der Waals surface area (Å²) in [4.78, 5) is 39.7. The topological polar surface area (TPSA) is 75.7 Å². The summed E-state index contributed by atoms with van der Waals surface area (Å²) in [5, 5.41) is 2.91. The third-order valence-corrected chi connectivity index (χ3v) is 6.30. The van der Waals surface area contributed by atoms with E-state index in [1.807, 2.05) is 50.2 Å². The number of nitrogens with zero attached hydrogens (tertiary/aromatic N) is 1. The van der Waals surface area contributed by atoms with E-state index in [0.29, 0.717) is 0 Å². The largest absolute Gasteiger partial charge is 0.455 e. The molecule has 33 heavy (non-hydrogen) atoms. The summed E-state index contributed by atoms with van der Waals surface area (Å²) >= 11 is 0. The van der Waals surface area contributed by atoms with E-state index in [1.165, 1.54) is 0 Å². The number of ether oxygens (including phenoxy) is 1. The van der Waals surface area contributed by atoms with Crippen molar-refractivity contribution in [2.75, 3.05) is 23.4 Å². The predicted octanol–water partition coefficient (Wildman–Crippen LogP) is 4.47. The number of rotatable bonds is 9. The van der Waals surface area contributed by atoms with Gasteiger partial charge in [0.05, 0.1) is 5.92 Å². The first-order valence-corrected chi connectivity index (χ1v) is 11.9. The lowest BCUT2D eigenvalue weighted by molar-refractivity contribution is -0.151. The van der Waals surface area contributed by atoms with Crippen molar-refractivity contribution < 1.29 is 19.1 Å². The molecule has 1 N–H and O–H groups in total. The van der Waals surface area contributed by atoms with Gasteiger partial charge in [0, 0.05) is 24.3 Å². The molecule has 2 amide bonds. The average Bonchev–Trinajstić information content (AvgIpc) is 3.23. The van der Waals surface area contributed by atoms with Crippen LogP contribution in [0.15, 0.2) is 36.4 Å². The fourth-order valence-corrected chi connectivity index (χ4v) is 4.48. The van der Waals surface area contributed by atoms with E-state index in [0.717, 1.165) is 59.3 Å². The Morgan fingerprint density at radius 1 is 0.909 bits per heavy atom. The lowest BCUT2D eigenvalue weighted by atomic mass is 10.0. The van der Waals surface area contributed by atoms with Crippen molar-refractivity contribution in [2.45, 2.75) is 59.8 Å². The molecule has 1 aliphatic heterocycles. The standard InChI is InChI=1S/C27H34N2O4/c1-5-18-11-9-12-19(6-2)25(18)28-23(30)17-33-27(32)22-15-24(31)29(16-22)26-20(7-3)13-10-14-21(26)8-4/h9-14,22H,5-8,15-17H2,1-4H3,(H,28,30)/t22-/m0/s1. The van der Waals surface area contributed by atoms with E-state index in [4.69, 9.17) is 4.74 Å². The number of esters is 1. The molecule has 0 unspecified atom stereocenters. The van der Waals surface area contributed by atoms with Gasteiger partial charge in [-0.3, -0.25) is 14.4 Å². The van der Waals surface area contributed by atoms with Gasteiger partial charge in [-0.2, -0.15) is 0 Å². The molecular formula is C27H34N2O4. The lowest BCUT2D eigenvalue weighted by Gasteiger charge is -2.23. The summed E-state index contributed by atoms with van der Waals surface area (Å²) in [6.07, 6.45) is 3.30. The highest BCUT2D eigenvalue weighted by Crippen LogP contribution is 2.32. The quantitative estimate of drug-likeness (QED) is 0.572. The number of hydrogen-bond donors (Lipinski definition) is 1. The van der Waals surface area contributed by atoms with Crippen molar-refractivity contribution in [1.29, 1.82) is 0 Å². The lowest BCUT2D eigenvalue weighted by Crippen LogP contribution is -2.29. The Kier molecular flexibility index (Phi) is 8.26. The van der Waals surface area contributed by atoms with Crippen LogP contribution in [-0.2, 0) is 44.8 Å². The molecule has 2 aromatic rings. The third-order valence-electron chi connectivity index (χ3n) is 6.30. The summed E-state index contributed by atoms with van der Waals surface area (Å²) in [6, 6.07) is 12.0. The number of hydrogen-bond acceptors (Lipinski definition) is 4. The summed E-state index contributed by atoms with van der Waals surface area (Å²) in [7, 11) is 0. The predicted molar refractivity (Wildman–Crippen MR) is 130 cm³/mol. The highest BCUT2D eigenvalue weighted by molar-refractivity contribution is 6.01. The molecule has 176 valence electrons. The molecule has 3 rings (SSSR count). The molecule has 6 heteroatoms. The first-order valence-electron chi connectivity index (χ1n) is 11.9. The van der Waals surface area contributed by atoms with Crippen LogP contribution in [0.3, 0.4) is 0 Å². The third kappa shape index (κ3) is 5.44.